The number of carbonyl (C=O) groups excluding carboxylic acids is 1. The van der Waals surface area contributed by atoms with Crippen molar-refractivity contribution in [2.24, 2.45) is 5.92 Å². The molecule has 2 aromatic rings. The lowest BCUT2D eigenvalue weighted by molar-refractivity contribution is 0.0601. The molecule has 0 radical (unpaired) electrons. The maximum absolute atomic E-state index is 13.7. The van der Waals surface area contributed by atoms with Gasteiger partial charge in [0.2, 0.25) is 10.0 Å². The molecule has 0 aromatic heterocycles. The minimum absolute atomic E-state index is 0.0421. The molecule has 1 saturated heterocycles. The molecule has 5 N–H and O–H groups in total. The average Bonchev–Trinajstić information content (AvgIpc) is 3.40. The number of ether oxygens (including phenoxy) is 2. The smallest absolute Gasteiger partial charge is 0.444 e. The van der Waals surface area contributed by atoms with Gasteiger partial charge >= 0.3 is 21.0 Å². The van der Waals surface area contributed by atoms with Crippen LogP contribution in [0.5, 0.6) is 0 Å². The van der Waals surface area contributed by atoms with Crippen molar-refractivity contribution in [3.8, 4) is 0 Å². The van der Waals surface area contributed by atoms with Crippen molar-refractivity contribution in [3.05, 3.63) is 60.2 Å². The highest BCUT2D eigenvalue weighted by Crippen LogP contribution is 2.39. The first-order valence-electron chi connectivity index (χ1n) is 13.0. The molecule has 0 aliphatic carbocycles. The van der Waals surface area contributed by atoms with E-state index in [1.54, 1.807) is 44.2 Å². The van der Waals surface area contributed by atoms with Crippen LogP contribution in [0, 0.1) is 5.92 Å². The quantitative estimate of drug-likeness (QED) is 0.148. The molecule has 0 bridgehead atoms. The summed E-state index contributed by atoms with van der Waals surface area (Å²) in [6.07, 6.45) is -2.33. The number of amides is 1. The highest BCUT2D eigenvalue weighted by Gasteiger charge is 2.37. The molecule has 1 aliphatic rings. The standard InChI is InChI=1S/C25H36BN2O11PS/c1-18(2)15-28(41(35,36)22-10-8-20(9-11-22)26(30)31)16-24(39-40(32,33)34)23(14-19-6-4-3-5-7-19)27-25(29)38-21-12-13-37-17-21/h3-11,18,21,23-24,30-31H,12-17H2,1-2H3,(H,27,29)(H2,32,33,34). The van der Waals surface area contributed by atoms with Gasteiger partial charge in [0.1, 0.15) is 12.2 Å². The van der Waals surface area contributed by atoms with Gasteiger partial charge in [0.15, 0.2) is 0 Å². The molecule has 1 fully saturated rings. The number of hydrogen-bond acceptors (Lipinski definition) is 9. The van der Waals surface area contributed by atoms with E-state index in [0.29, 0.717) is 18.6 Å². The molecule has 1 amide bonds. The highest BCUT2D eigenvalue weighted by molar-refractivity contribution is 7.89. The van der Waals surface area contributed by atoms with E-state index in [4.69, 9.17) is 14.0 Å². The van der Waals surface area contributed by atoms with E-state index < -0.39 is 55.9 Å². The number of hydrogen-bond donors (Lipinski definition) is 5. The Bertz CT molecular complexity index is 1270. The monoisotopic (exact) mass is 614 g/mol. The van der Waals surface area contributed by atoms with Gasteiger partial charge in [0.25, 0.3) is 0 Å². The molecule has 41 heavy (non-hydrogen) atoms. The second kappa shape index (κ2) is 14.7. The second-order valence-corrected chi connectivity index (χ2v) is 13.3. The lowest BCUT2D eigenvalue weighted by Crippen LogP contribution is -2.52. The Labute approximate surface area is 239 Å². The maximum atomic E-state index is 13.7. The molecule has 3 atom stereocenters. The molecule has 0 spiro atoms. The van der Waals surface area contributed by atoms with Crippen LogP contribution in [0.3, 0.4) is 0 Å². The molecule has 16 heteroatoms. The fourth-order valence-corrected chi connectivity index (χ4v) is 6.52. The van der Waals surface area contributed by atoms with Crippen LogP contribution in [0.4, 0.5) is 4.79 Å². The lowest BCUT2D eigenvalue weighted by Gasteiger charge is -2.33. The first-order chi connectivity index (χ1) is 19.2. The Morgan fingerprint density at radius 2 is 1.78 bits per heavy atom. The number of alkyl carbamates (subject to hydrolysis) is 1. The maximum Gasteiger partial charge on any atom is 0.488 e. The van der Waals surface area contributed by atoms with E-state index in [1.807, 2.05) is 0 Å². The summed E-state index contributed by atoms with van der Waals surface area (Å²) >= 11 is 0. The highest BCUT2D eigenvalue weighted by atomic mass is 32.2. The summed E-state index contributed by atoms with van der Waals surface area (Å²) in [5, 5.41) is 21.4. The van der Waals surface area contributed by atoms with Gasteiger partial charge in [0, 0.05) is 19.5 Å². The second-order valence-electron chi connectivity index (χ2n) is 10.1. The Balaban J connectivity index is 1.97. The minimum Gasteiger partial charge on any atom is -0.444 e. The van der Waals surface area contributed by atoms with Gasteiger partial charge in [-0.2, -0.15) is 4.31 Å². The molecule has 2 aromatic carbocycles. The number of benzene rings is 2. The zero-order valence-corrected chi connectivity index (χ0v) is 24.5. The first-order valence-corrected chi connectivity index (χ1v) is 16.0. The largest absolute Gasteiger partial charge is 0.488 e. The van der Waals surface area contributed by atoms with Gasteiger partial charge < -0.3 is 34.6 Å². The van der Waals surface area contributed by atoms with Crippen molar-refractivity contribution in [2.75, 3.05) is 26.3 Å². The van der Waals surface area contributed by atoms with Crippen LogP contribution in [-0.2, 0) is 35.0 Å². The van der Waals surface area contributed by atoms with E-state index in [2.05, 4.69) is 5.32 Å². The predicted molar refractivity (Wildman–Crippen MR) is 150 cm³/mol. The van der Waals surface area contributed by atoms with E-state index in [0.717, 1.165) is 4.31 Å². The third-order valence-electron chi connectivity index (χ3n) is 6.25. The molecule has 3 rings (SSSR count). The van der Waals surface area contributed by atoms with Crippen LogP contribution in [0.2, 0.25) is 0 Å². The molecule has 0 saturated carbocycles. The number of sulfonamides is 1. The van der Waals surface area contributed by atoms with Crippen molar-refractivity contribution >= 4 is 36.5 Å². The average molecular weight is 614 g/mol. The zero-order valence-electron chi connectivity index (χ0n) is 22.8. The molecule has 1 aliphatic heterocycles. The zero-order chi connectivity index (χ0) is 30.2. The number of carbonyl (C=O) groups is 1. The predicted octanol–water partition coefficient (Wildman–Crippen LogP) is 0.617. The third kappa shape index (κ3) is 10.5. The lowest BCUT2D eigenvalue weighted by atomic mass is 9.81. The normalized spacial score (nSPS) is 17.4. The van der Waals surface area contributed by atoms with E-state index in [-0.39, 0.29) is 35.8 Å². The summed E-state index contributed by atoms with van der Waals surface area (Å²) < 4.78 is 56.3. The third-order valence-corrected chi connectivity index (χ3v) is 8.64. The van der Waals surface area contributed by atoms with Crippen LogP contribution in [0.15, 0.2) is 59.5 Å². The van der Waals surface area contributed by atoms with E-state index >= 15 is 0 Å². The van der Waals surface area contributed by atoms with E-state index in [1.165, 1.54) is 24.3 Å². The molecule has 226 valence electrons. The Morgan fingerprint density at radius 1 is 1.12 bits per heavy atom. The topological polar surface area (TPSA) is 192 Å². The van der Waals surface area contributed by atoms with Gasteiger partial charge in [-0.3, -0.25) is 4.52 Å². The van der Waals surface area contributed by atoms with Crippen LogP contribution in [0.25, 0.3) is 0 Å². The summed E-state index contributed by atoms with van der Waals surface area (Å²) in [5.74, 6) is -0.202. The van der Waals surface area contributed by atoms with Crippen LogP contribution >= 0.6 is 7.82 Å². The van der Waals surface area contributed by atoms with Crippen LogP contribution < -0.4 is 10.8 Å². The van der Waals surface area contributed by atoms with E-state index in [9.17, 15) is 37.6 Å². The molecule has 1 heterocycles. The molecular weight excluding hydrogens is 578 g/mol. The van der Waals surface area contributed by atoms with Crippen molar-refractivity contribution < 1.29 is 51.6 Å². The number of nitrogens with one attached hydrogen (secondary N) is 1. The fraction of sp³-hybridized carbons (Fsp3) is 0.480. The van der Waals surface area contributed by atoms with Gasteiger partial charge in [-0.15, -0.1) is 0 Å². The van der Waals surface area contributed by atoms with Gasteiger partial charge in [-0.1, -0.05) is 56.3 Å². The van der Waals surface area contributed by atoms with Gasteiger partial charge in [-0.05, 0) is 35.5 Å². The Morgan fingerprint density at radius 3 is 2.32 bits per heavy atom. The van der Waals surface area contributed by atoms with Crippen molar-refractivity contribution in [1.82, 2.24) is 9.62 Å². The number of nitrogens with zero attached hydrogens (tertiary/aromatic N) is 1. The summed E-state index contributed by atoms with van der Waals surface area (Å²) in [6, 6.07) is 12.6. The Hall–Kier alpha value is -2.33. The number of rotatable bonds is 14. The first kappa shape index (κ1) is 33.2. The number of phosphoric ester groups is 1. The number of phosphoric acid groups is 1. The van der Waals surface area contributed by atoms with Crippen LogP contribution in [0.1, 0.15) is 25.8 Å². The fourth-order valence-electron chi connectivity index (χ4n) is 4.34. The summed E-state index contributed by atoms with van der Waals surface area (Å²) in [5.41, 5.74) is 0.776. The van der Waals surface area contributed by atoms with Crippen molar-refractivity contribution in [2.45, 2.75) is 49.8 Å². The van der Waals surface area contributed by atoms with Gasteiger partial charge in [0.05, 0.1) is 24.2 Å². The van der Waals surface area contributed by atoms with Crippen molar-refractivity contribution in [1.29, 1.82) is 0 Å². The molecule has 3 unspecified atom stereocenters. The van der Waals surface area contributed by atoms with Crippen molar-refractivity contribution in [3.63, 3.8) is 0 Å². The van der Waals surface area contributed by atoms with Crippen LogP contribution in [-0.4, -0.2) is 90.3 Å². The Kier molecular flexibility index (Phi) is 11.9. The molecule has 13 nitrogen and oxygen atoms in total. The summed E-state index contributed by atoms with van der Waals surface area (Å²) in [6.45, 7) is 3.61. The minimum atomic E-state index is -5.17. The SMILES string of the molecule is CC(C)CN(CC(OP(=O)(O)O)C(Cc1ccccc1)NC(=O)OC1CCOC1)S(=O)(=O)c1ccc(B(O)O)cc1. The summed E-state index contributed by atoms with van der Waals surface area (Å²) in [4.78, 5) is 32.2. The summed E-state index contributed by atoms with van der Waals surface area (Å²) in [7, 11) is -11.2. The molecular formula is C25H36BN2O11PS. The van der Waals surface area contributed by atoms with Gasteiger partial charge in [-0.25, -0.2) is 17.8 Å².